The lowest BCUT2D eigenvalue weighted by molar-refractivity contribution is -0.386. The molecule has 0 saturated heterocycles. The van der Waals surface area contributed by atoms with E-state index in [2.05, 4.69) is 10.1 Å². The van der Waals surface area contributed by atoms with Crippen molar-refractivity contribution in [1.29, 1.82) is 0 Å². The summed E-state index contributed by atoms with van der Waals surface area (Å²) in [6.07, 6.45) is 0. The van der Waals surface area contributed by atoms with Gasteiger partial charge < -0.3 is 19.7 Å². The number of hydrogen-bond donors (Lipinski definition) is 1. The van der Waals surface area contributed by atoms with E-state index in [0.717, 1.165) is 12.1 Å². The fourth-order valence-corrected chi connectivity index (χ4v) is 2.45. The number of nitro benzene ring substituents is 1. The molecule has 1 aliphatic rings. The SMILES string of the molecule is CN1C(=O)COc2ccc(Nc3ccc([N+](=O)[O-])c(OC(F)F)c3)cc21. The number of amides is 1. The van der Waals surface area contributed by atoms with Crippen LogP contribution in [0.3, 0.4) is 0 Å². The van der Waals surface area contributed by atoms with Gasteiger partial charge >= 0.3 is 12.3 Å². The fourth-order valence-electron chi connectivity index (χ4n) is 2.45. The lowest BCUT2D eigenvalue weighted by Gasteiger charge is -2.26. The maximum atomic E-state index is 12.5. The lowest BCUT2D eigenvalue weighted by atomic mass is 10.2. The van der Waals surface area contributed by atoms with Crippen LogP contribution in [0.1, 0.15) is 0 Å². The van der Waals surface area contributed by atoms with Crippen LogP contribution in [-0.4, -0.2) is 31.1 Å². The third-order valence-electron chi connectivity index (χ3n) is 3.71. The molecule has 26 heavy (non-hydrogen) atoms. The molecule has 2 aromatic carbocycles. The third kappa shape index (κ3) is 3.48. The smallest absolute Gasteiger partial charge is 0.387 e. The summed E-state index contributed by atoms with van der Waals surface area (Å²) in [4.78, 5) is 23.2. The number of halogens is 2. The minimum Gasteiger partial charge on any atom is -0.482 e. The van der Waals surface area contributed by atoms with Gasteiger partial charge in [-0.1, -0.05) is 0 Å². The molecule has 0 radical (unpaired) electrons. The predicted molar refractivity (Wildman–Crippen MR) is 88.4 cm³/mol. The van der Waals surface area contributed by atoms with Crippen molar-refractivity contribution in [1.82, 2.24) is 0 Å². The second-order valence-corrected chi connectivity index (χ2v) is 5.37. The number of carbonyl (C=O) groups excluding carboxylic acids is 1. The summed E-state index contributed by atoms with van der Waals surface area (Å²) < 4.78 is 34.5. The van der Waals surface area contributed by atoms with Crippen LogP contribution < -0.4 is 19.7 Å². The fraction of sp³-hybridized carbons (Fsp3) is 0.188. The Morgan fingerprint density at radius 3 is 2.65 bits per heavy atom. The zero-order valence-electron chi connectivity index (χ0n) is 13.4. The summed E-state index contributed by atoms with van der Waals surface area (Å²) >= 11 is 0. The van der Waals surface area contributed by atoms with Crippen LogP contribution in [0.15, 0.2) is 36.4 Å². The van der Waals surface area contributed by atoms with Crippen LogP contribution in [-0.2, 0) is 4.79 Å². The van der Waals surface area contributed by atoms with Gasteiger partial charge in [-0.3, -0.25) is 14.9 Å². The molecule has 1 amide bonds. The van der Waals surface area contributed by atoms with Crippen molar-refractivity contribution in [2.24, 2.45) is 0 Å². The van der Waals surface area contributed by atoms with Gasteiger partial charge in [-0.25, -0.2) is 0 Å². The van der Waals surface area contributed by atoms with Crippen molar-refractivity contribution in [3.05, 3.63) is 46.5 Å². The van der Waals surface area contributed by atoms with Crippen LogP contribution >= 0.6 is 0 Å². The Balaban J connectivity index is 1.89. The summed E-state index contributed by atoms with van der Waals surface area (Å²) in [5, 5.41) is 13.8. The largest absolute Gasteiger partial charge is 0.482 e. The van der Waals surface area contributed by atoms with Crippen molar-refractivity contribution in [2.45, 2.75) is 6.61 Å². The van der Waals surface area contributed by atoms with E-state index < -0.39 is 23.0 Å². The van der Waals surface area contributed by atoms with E-state index in [1.807, 2.05) is 0 Å². The molecule has 0 atom stereocenters. The Labute approximate surface area is 146 Å². The molecule has 0 saturated carbocycles. The monoisotopic (exact) mass is 365 g/mol. The molecular weight excluding hydrogens is 352 g/mol. The molecule has 0 aromatic heterocycles. The molecule has 2 aromatic rings. The first-order valence-electron chi connectivity index (χ1n) is 7.39. The van der Waals surface area contributed by atoms with Gasteiger partial charge in [0, 0.05) is 30.6 Å². The number of benzene rings is 2. The molecule has 1 heterocycles. The predicted octanol–water partition coefficient (Wildman–Crippen LogP) is 3.30. The Bertz CT molecular complexity index is 875. The highest BCUT2D eigenvalue weighted by Gasteiger charge is 2.23. The molecule has 0 unspecified atom stereocenters. The maximum absolute atomic E-state index is 12.5. The number of nitro groups is 1. The van der Waals surface area contributed by atoms with Crippen molar-refractivity contribution >= 4 is 28.7 Å². The number of hydrogen-bond acceptors (Lipinski definition) is 6. The molecule has 0 fully saturated rings. The Morgan fingerprint density at radius 2 is 1.96 bits per heavy atom. The van der Waals surface area contributed by atoms with Gasteiger partial charge in [-0.15, -0.1) is 0 Å². The maximum Gasteiger partial charge on any atom is 0.387 e. The van der Waals surface area contributed by atoms with Crippen LogP contribution in [0.4, 0.5) is 31.5 Å². The van der Waals surface area contributed by atoms with E-state index >= 15 is 0 Å². The Hall–Kier alpha value is -3.43. The highest BCUT2D eigenvalue weighted by Crippen LogP contribution is 2.36. The highest BCUT2D eigenvalue weighted by molar-refractivity contribution is 5.98. The topological polar surface area (TPSA) is 93.9 Å². The summed E-state index contributed by atoms with van der Waals surface area (Å²) in [5.41, 5.74) is 0.805. The molecule has 10 heteroatoms. The molecule has 0 bridgehead atoms. The molecule has 1 aliphatic heterocycles. The van der Waals surface area contributed by atoms with Gasteiger partial charge in [-0.2, -0.15) is 8.78 Å². The van der Waals surface area contributed by atoms with Gasteiger partial charge in [-0.05, 0) is 24.3 Å². The number of anilines is 3. The molecular formula is C16H13F2N3O5. The lowest BCUT2D eigenvalue weighted by Crippen LogP contribution is -2.35. The second-order valence-electron chi connectivity index (χ2n) is 5.37. The standard InChI is InChI=1S/C16H13F2N3O5/c1-20-12-6-9(3-5-13(12)25-8-15(20)22)19-10-2-4-11(21(23)24)14(7-10)26-16(17)18/h2-7,16,19H,8H2,1H3. The quantitative estimate of drug-likeness (QED) is 0.645. The normalized spacial score (nSPS) is 13.2. The van der Waals surface area contributed by atoms with Crippen molar-refractivity contribution in [3.63, 3.8) is 0 Å². The van der Waals surface area contributed by atoms with Gasteiger partial charge in [0.15, 0.2) is 6.61 Å². The minimum atomic E-state index is -3.19. The number of fused-ring (bicyclic) bond motifs is 1. The Morgan fingerprint density at radius 1 is 1.27 bits per heavy atom. The van der Waals surface area contributed by atoms with Gasteiger partial charge in [0.05, 0.1) is 10.6 Å². The van der Waals surface area contributed by atoms with Gasteiger partial charge in [0.25, 0.3) is 5.91 Å². The van der Waals surface area contributed by atoms with Crippen molar-refractivity contribution in [3.8, 4) is 11.5 Å². The first-order chi connectivity index (χ1) is 12.3. The molecule has 1 N–H and O–H groups in total. The number of rotatable bonds is 5. The van der Waals surface area contributed by atoms with E-state index in [0.29, 0.717) is 22.8 Å². The Kier molecular flexibility index (Phi) is 4.57. The van der Waals surface area contributed by atoms with E-state index in [9.17, 15) is 23.7 Å². The average Bonchev–Trinajstić information content (AvgIpc) is 2.58. The number of likely N-dealkylation sites (N-methyl/N-ethyl adjacent to an activating group) is 1. The average molecular weight is 365 g/mol. The first-order valence-corrected chi connectivity index (χ1v) is 7.39. The second kappa shape index (κ2) is 6.82. The summed E-state index contributed by atoms with van der Waals surface area (Å²) in [5.74, 6) is -0.232. The number of alkyl halides is 2. The summed E-state index contributed by atoms with van der Waals surface area (Å²) in [6, 6.07) is 8.50. The van der Waals surface area contributed by atoms with E-state index in [4.69, 9.17) is 4.74 Å². The number of carbonyl (C=O) groups is 1. The van der Waals surface area contributed by atoms with Gasteiger partial charge in [0.1, 0.15) is 5.75 Å². The zero-order chi connectivity index (χ0) is 18.8. The van der Waals surface area contributed by atoms with Crippen LogP contribution in [0.25, 0.3) is 0 Å². The van der Waals surface area contributed by atoms with E-state index in [1.54, 1.807) is 25.2 Å². The molecule has 8 nitrogen and oxygen atoms in total. The van der Waals surface area contributed by atoms with Crippen molar-refractivity contribution in [2.75, 3.05) is 23.9 Å². The summed E-state index contributed by atoms with van der Waals surface area (Å²) in [7, 11) is 1.61. The zero-order valence-corrected chi connectivity index (χ0v) is 13.4. The molecule has 0 spiro atoms. The summed E-state index contributed by atoms with van der Waals surface area (Å²) in [6.45, 7) is -3.24. The van der Waals surface area contributed by atoms with Crippen LogP contribution in [0.5, 0.6) is 11.5 Å². The molecule has 0 aliphatic carbocycles. The van der Waals surface area contributed by atoms with Crippen LogP contribution in [0, 0.1) is 10.1 Å². The molecule has 136 valence electrons. The van der Waals surface area contributed by atoms with Crippen molar-refractivity contribution < 1.29 is 28.0 Å². The van der Waals surface area contributed by atoms with E-state index in [-0.39, 0.29) is 12.5 Å². The third-order valence-corrected chi connectivity index (χ3v) is 3.71. The molecule has 3 rings (SSSR count). The van der Waals surface area contributed by atoms with Crippen LogP contribution in [0.2, 0.25) is 0 Å². The number of nitrogens with one attached hydrogen (secondary N) is 1. The number of ether oxygens (including phenoxy) is 2. The first kappa shape index (κ1) is 17.4. The highest BCUT2D eigenvalue weighted by atomic mass is 19.3. The minimum absolute atomic E-state index is 0.0487. The van der Waals surface area contributed by atoms with Gasteiger partial charge in [0.2, 0.25) is 5.75 Å². The van der Waals surface area contributed by atoms with E-state index in [1.165, 1.54) is 11.0 Å². The number of nitrogens with zero attached hydrogens (tertiary/aromatic N) is 2.